The normalized spacial score (nSPS) is 12.6. The number of benzene rings is 1. The summed E-state index contributed by atoms with van der Waals surface area (Å²) >= 11 is 5.90. The van der Waals surface area contributed by atoms with Crippen molar-refractivity contribution in [2.24, 2.45) is 0 Å². The Morgan fingerprint density at radius 2 is 2.11 bits per heavy atom. The van der Waals surface area contributed by atoms with Crippen LogP contribution in [0.4, 0.5) is 0 Å². The number of aryl methyl sites for hydroxylation is 1. The number of fused-ring (bicyclic) bond motifs is 1. The van der Waals surface area contributed by atoms with Crippen molar-refractivity contribution in [2.45, 2.75) is 6.92 Å². The van der Waals surface area contributed by atoms with Crippen LogP contribution >= 0.6 is 11.6 Å². The average molecular weight is 265 g/mol. The molecule has 0 fully saturated rings. The topological polar surface area (TPSA) is 53.5 Å². The molecular formula is C12H9ClN2O3. The Morgan fingerprint density at radius 3 is 2.94 bits per heavy atom. The molecule has 0 unspecified atom stereocenters. The van der Waals surface area contributed by atoms with Crippen molar-refractivity contribution < 1.29 is 14.2 Å². The molecule has 2 heterocycles. The fraction of sp³-hybridized carbons (Fsp3) is 0.167. The van der Waals surface area contributed by atoms with Gasteiger partial charge in [-0.25, -0.2) is 4.98 Å². The van der Waals surface area contributed by atoms with Crippen molar-refractivity contribution in [3.63, 3.8) is 0 Å². The maximum Gasteiger partial charge on any atom is 0.323 e. The number of aromatic nitrogens is 2. The minimum Gasteiger partial charge on any atom is -0.454 e. The van der Waals surface area contributed by atoms with Crippen molar-refractivity contribution in [1.29, 1.82) is 0 Å². The van der Waals surface area contributed by atoms with Crippen LogP contribution in [-0.2, 0) is 0 Å². The monoisotopic (exact) mass is 264 g/mol. The predicted molar refractivity (Wildman–Crippen MR) is 64.4 cm³/mol. The lowest BCUT2D eigenvalue weighted by Crippen LogP contribution is -1.93. The van der Waals surface area contributed by atoms with Gasteiger partial charge in [0.05, 0.1) is 0 Å². The smallest absolute Gasteiger partial charge is 0.323 e. The molecule has 0 N–H and O–H groups in total. The van der Waals surface area contributed by atoms with Gasteiger partial charge in [-0.3, -0.25) is 0 Å². The van der Waals surface area contributed by atoms with E-state index in [9.17, 15) is 0 Å². The van der Waals surface area contributed by atoms with Crippen LogP contribution in [0.25, 0.3) is 0 Å². The van der Waals surface area contributed by atoms with Gasteiger partial charge in [-0.1, -0.05) is 11.6 Å². The molecule has 1 aliphatic rings. The summed E-state index contributed by atoms with van der Waals surface area (Å²) in [5.41, 5.74) is 0.801. The van der Waals surface area contributed by atoms with Crippen LogP contribution in [-0.4, -0.2) is 16.8 Å². The lowest BCUT2D eigenvalue weighted by Gasteiger charge is -2.05. The molecule has 6 heteroatoms. The van der Waals surface area contributed by atoms with E-state index in [4.69, 9.17) is 25.8 Å². The van der Waals surface area contributed by atoms with Gasteiger partial charge in [-0.05, 0) is 19.1 Å². The quantitative estimate of drug-likeness (QED) is 0.781. The highest BCUT2D eigenvalue weighted by molar-refractivity contribution is 6.30. The molecule has 0 saturated heterocycles. The molecule has 3 rings (SSSR count). The van der Waals surface area contributed by atoms with E-state index in [1.807, 2.05) is 6.92 Å². The Balaban J connectivity index is 1.85. The minimum atomic E-state index is 0.199. The van der Waals surface area contributed by atoms with E-state index in [1.54, 1.807) is 24.4 Å². The second kappa shape index (κ2) is 4.34. The molecule has 18 heavy (non-hydrogen) atoms. The molecule has 0 radical (unpaired) electrons. The van der Waals surface area contributed by atoms with Crippen molar-refractivity contribution in [3.05, 3.63) is 35.1 Å². The summed E-state index contributed by atoms with van der Waals surface area (Å²) < 4.78 is 16.0. The van der Waals surface area contributed by atoms with Gasteiger partial charge in [-0.2, -0.15) is 4.98 Å². The van der Waals surface area contributed by atoms with E-state index in [0.717, 1.165) is 5.56 Å². The number of hydrogen-bond donors (Lipinski definition) is 0. The SMILES string of the molecule is Cc1cnc(Oc2ccc3c(c2)OCO3)nc1Cl. The summed E-state index contributed by atoms with van der Waals surface area (Å²) in [5, 5.41) is 0.376. The Bertz CT molecular complexity index is 604. The zero-order valence-electron chi connectivity index (χ0n) is 9.51. The van der Waals surface area contributed by atoms with E-state index < -0.39 is 0 Å². The van der Waals surface area contributed by atoms with E-state index in [2.05, 4.69) is 9.97 Å². The molecular weight excluding hydrogens is 256 g/mol. The predicted octanol–water partition coefficient (Wildman–Crippen LogP) is 2.96. The van der Waals surface area contributed by atoms with Gasteiger partial charge in [0.25, 0.3) is 0 Å². The second-order valence-electron chi connectivity index (χ2n) is 3.74. The van der Waals surface area contributed by atoms with Gasteiger partial charge in [0, 0.05) is 17.8 Å². The molecule has 0 atom stereocenters. The molecule has 1 aromatic heterocycles. The second-order valence-corrected chi connectivity index (χ2v) is 4.10. The van der Waals surface area contributed by atoms with Crippen LogP contribution in [0.2, 0.25) is 5.15 Å². The Hall–Kier alpha value is -2.01. The van der Waals surface area contributed by atoms with E-state index in [0.29, 0.717) is 22.4 Å². The van der Waals surface area contributed by atoms with Gasteiger partial charge < -0.3 is 14.2 Å². The third kappa shape index (κ3) is 2.04. The molecule has 92 valence electrons. The van der Waals surface area contributed by atoms with Crippen molar-refractivity contribution in [1.82, 2.24) is 9.97 Å². The number of nitrogens with zero attached hydrogens (tertiary/aromatic N) is 2. The van der Waals surface area contributed by atoms with Crippen LogP contribution in [0.3, 0.4) is 0 Å². The van der Waals surface area contributed by atoms with E-state index in [1.165, 1.54) is 0 Å². The first-order chi connectivity index (χ1) is 8.72. The van der Waals surface area contributed by atoms with Crippen LogP contribution < -0.4 is 14.2 Å². The van der Waals surface area contributed by atoms with Crippen LogP contribution in [0.1, 0.15) is 5.56 Å². The highest BCUT2D eigenvalue weighted by Gasteiger charge is 2.14. The standard InChI is InChI=1S/C12H9ClN2O3/c1-7-5-14-12(15-11(7)13)18-8-2-3-9-10(4-8)17-6-16-9/h2-5H,6H2,1H3. The first-order valence-corrected chi connectivity index (χ1v) is 5.67. The highest BCUT2D eigenvalue weighted by atomic mass is 35.5. The van der Waals surface area contributed by atoms with Gasteiger partial charge >= 0.3 is 6.01 Å². The van der Waals surface area contributed by atoms with Crippen molar-refractivity contribution >= 4 is 11.6 Å². The summed E-state index contributed by atoms with van der Waals surface area (Å²) in [5.74, 6) is 1.91. The van der Waals surface area contributed by atoms with Gasteiger partial charge in [0.1, 0.15) is 10.9 Å². The summed E-state index contributed by atoms with van der Waals surface area (Å²) in [4.78, 5) is 8.06. The lowest BCUT2D eigenvalue weighted by atomic mass is 10.3. The maximum absolute atomic E-state index is 5.90. The van der Waals surface area contributed by atoms with Gasteiger partial charge in [0.15, 0.2) is 11.5 Å². The highest BCUT2D eigenvalue weighted by Crippen LogP contribution is 2.36. The third-order valence-corrected chi connectivity index (χ3v) is 2.82. The molecule has 0 amide bonds. The van der Waals surface area contributed by atoms with Crippen LogP contribution in [0, 0.1) is 6.92 Å². The van der Waals surface area contributed by atoms with Crippen molar-refractivity contribution in [2.75, 3.05) is 6.79 Å². The Labute approximate surface area is 108 Å². The maximum atomic E-state index is 5.90. The number of rotatable bonds is 2. The van der Waals surface area contributed by atoms with Crippen LogP contribution in [0.15, 0.2) is 24.4 Å². The minimum absolute atomic E-state index is 0.199. The molecule has 5 nitrogen and oxygen atoms in total. The molecule has 0 spiro atoms. The Kier molecular flexibility index (Phi) is 2.68. The summed E-state index contributed by atoms with van der Waals surface area (Å²) in [7, 11) is 0. The molecule has 1 aliphatic heterocycles. The largest absolute Gasteiger partial charge is 0.454 e. The van der Waals surface area contributed by atoms with Gasteiger partial charge in [0.2, 0.25) is 6.79 Å². The van der Waals surface area contributed by atoms with Gasteiger partial charge in [-0.15, -0.1) is 0 Å². The van der Waals surface area contributed by atoms with Crippen LogP contribution in [0.5, 0.6) is 23.3 Å². The molecule has 0 bridgehead atoms. The first kappa shape index (κ1) is 11.1. The van der Waals surface area contributed by atoms with E-state index >= 15 is 0 Å². The number of hydrogen-bond acceptors (Lipinski definition) is 5. The fourth-order valence-electron chi connectivity index (χ4n) is 1.50. The third-order valence-electron chi connectivity index (χ3n) is 2.44. The number of ether oxygens (including phenoxy) is 3. The zero-order valence-corrected chi connectivity index (χ0v) is 10.3. The van der Waals surface area contributed by atoms with Crippen molar-refractivity contribution in [3.8, 4) is 23.3 Å². The summed E-state index contributed by atoms with van der Waals surface area (Å²) in [6.07, 6.45) is 1.61. The summed E-state index contributed by atoms with van der Waals surface area (Å²) in [6.45, 7) is 2.05. The number of halogens is 1. The summed E-state index contributed by atoms with van der Waals surface area (Å²) in [6, 6.07) is 5.45. The molecule has 1 aromatic carbocycles. The first-order valence-electron chi connectivity index (χ1n) is 5.29. The lowest BCUT2D eigenvalue weighted by molar-refractivity contribution is 0.174. The fourth-order valence-corrected chi connectivity index (χ4v) is 1.62. The molecule has 2 aromatic rings. The molecule has 0 saturated carbocycles. The zero-order chi connectivity index (χ0) is 12.5. The van der Waals surface area contributed by atoms with E-state index in [-0.39, 0.29) is 12.8 Å². The Morgan fingerprint density at radius 1 is 1.28 bits per heavy atom. The average Bonchev–Trinajstić information content (AvgIpc) is 2.81. The molecule has 0 aliphatic carbocycles.